The average molecular weight is 613 g/mol. The van der Waals surface area contributed by atoms with Crippen molar-refractivity contribution in [3.05, 3.63) is 97.7 Å². The van der Waals surface area contributed by atoms with Crippen LogP contribution in [0.15, 0.2) is 76.4 Å². The van der Waals surface area contributed by atoms with Gasteiger partial charge in [0.05, 0.1) is 17.3 Å². The van der Waals surface area contributed by atoms with Crippen molar-refractivity contribution >= 4 is 68.4 Å². The van der Waals surface area contributed by atoms with Crippen LogP contribution in [0.5, 0.6) is 5.75 Å². The molecule has 1 heterocycles. The highest BCUT2D eigenvalue weighted by molar-refractivity contribution is 9.10. The summed E-state index contributed by atoms with van der Waals surface area (Å²) in [5, 5.41) is 13.6. The molecule has 0 atom stereocenters. The minimum Gasteiger partial charge on any atom is -0.482 e. The number of carbonyl (C=O) groups excluding carboxylic acids is 1. The van der Waals surface area contributed by atoms with Gasteiger partial charge in [-0.3, -0.25) is 9.36 Å². The van der Waals surface area contributed by atoms with Crippen molar-refractivity contribution in [2.75, 3.05) is 6.61 Å². The number of ether oxygens (including phenoxy) is 1. The molecule has 1 N–H and O–H groups in total. The Hall–Kier alpha value is -2.23. The maximum absolute atomic E-state index is 12.4. The summed E-state index contributed by atoms with van der Waals surface area (Å²) in [6, 6.07) is 20.3. The van der Waals surface area contributed by atoms with Gasteiger partial charge >= 0.3 is 0 Å². The lowest BCUT2D eigenvalue weighted by Gasteiger charge is -2.12. The van der Waals surface area contributed by atoms with E-state index in [2.05, 4.69) is 31.4 Å². The number of carbonyl (C=O) groups is 1. The van der Waals surface area contributed by atoms with Crippen LogP contribution in [-0.4, -0.2) is 27.3 Å². The Balaban J connectivity index is 1.46. The predicted octanol–water partition coefficient (Wildman–Crippen LogP) is 6.98. The number of thioether (sulfide) groups is 1. The van der Waals surface area contributed by atoms with E-state index in [1.54, 1.807) is 36.0 Å². The highest BCUT2D eigenvalue weighted by Crippen LogP contribution is 2.28. The SMILES string of the molecule is O=C(COc1ccc(Cl)cc1Cl)NCc1nnc(SCc2ccc(Br)cc2)n1-c1cccc(Cl)c1. The highest BCUT2D eigenvalue weighted by atomic mass is 79.9. The fraction of sp³-hybridized carbons (Fsp3) is 0.125. The van der Waals surface area contributed by atoms with E-state index < -0.39 is 0 Å². The van der Waals surface area contributed by atoms with Crippen molar-refractivity contribution in [1.29, 1.82) is 0 Å². The van der Waals surface area contributed by atoms with Gasteiger partial charge < -0.3 is 10.1 Å². The first-order chi connectivity index (χ1) is 16.9. The van der Waals surface area contributed by atoms with Crippen molar-refractivity contribution < 1.29 is 9.53 Å². The van der Waals surface area contributed by atoms with Gasteiger partial charge in [-0.25, -0.2) is 0 Å². The quantitative estimate of drug-likeness (QED) is 0.207. The molecule has 11 heteroatoms. The maximum atomic E-state index is 12.4. The van der Waals surface area contributed by atoms with Gasteiger partial charge in [0.15, 0.2) is 17.6 Å². The van der Waals surface area contributed by atoms with Gasteiger partial charge in [0.2, 0.25) is 0 Å². The van der Waals surface area contributed by atoms with Gasteiger partial charge in [-0.15, -0.1) is 10.2 Å². The number of halogens is 4. The van der Waals surface area contributed by atoms with Gasteiger partial charge in [-0.2, -0.15) is 0 Å². The second-order valence-corrected chi connectivity index (χ2v) is 10.4. The van der Waals surface area contributed by atoms with Crippen LogP contribution >= 0.6 is 62.5 Å². The Bertz CT molecular complexity index is 1330. The summed E-state index contributed by atoms with van der Waals surface area (Å²) < 4.78 is 8.41. The van der Waals surface area contributed by atoms with E-state index in [1.807, 2.05) is 47.0 Å². The van der Waals surface area contributed by atoms with Gasteiger partial charge in [0.25, 0.3) is 5.91 Å². The number of nitrogens with one attached hydrogen (secondary N) is 1. The fourth-order valence-corrected chi connectivity index (χ4v) is 4.91. The van der Waals surface area contributed by atoms with Gasteiger partial charge in [0, 0.05) is 20.3 Å². The minimum atomic E-state index is -0.333. The monoisotopic (exact) mass is 610 g/mol. The van der Waals surface area contributed by atoms with Crippen molar-refractivity contribution in [3.8, 4) is 11.4 Å². The van der Waals surface area contributed by atoms with Crippen LogP contribution in [0.4, 0.5) is 0 Å². The zero-order valence-corrected chi connectivity index (χ0v) is 22.7. The molecule has 35 heavy (non-hydrogen) atoms. The molecule has 0 bridgehead atoms. The highest BCUT2D eigenvalue weighted by Gasteiger charge is 2.16. The van der Waals surface area contributed by atoms with Crippen LogP contribution in [0.1, 0.15) is 11.4 Å². The molecule has 4 aromatic rings. The molecule has 0 fully saturated rings. The van der Waals surface area contributed by atoms with E-state index >= 15 is 0 Å². The molecule has 1 amide bonds. The molecule has 0 spiro atoms. The average Bonchev–Trinajstić information content (AvgIpc) is 3.24. The van der Waals surface area contributed by atoms with E-state index in [-0.39, 0.29) is 19.1 Å². The molecule has 0 saturated carbocycles. The molecule has 0 aliphatic heterocycles. The summed E-state index contributed by atoms with van der Waals surface area (Å²) in [4.78, 5) is 12.4. The van der Waals surface area contributed by atoms with Crippen LogP contribution in [0.25, 0.3) is 5.69 Å². The molecule has 0 saturated heterocycles. The topological polar surface area (TPSA) is 69.0 Å². The molecule has 1 aromatic heterocycles. The largest absolute Gasteiger partial charge is 0.482 e. The molecule has 180 valence electrons. The Kier molecular flexibility index (Phi) is 8.97. The Morgan fingerprint density at radius 1 is 1.00 bits per heavy atom. The molecule has 3 aromatic carbocycles. The lowest BCUT2D eigenvalue weighted by Crippen LogP contribution is -2.29. The number of hydrogen-bond acceptors (Lipinski definition) is 5. The summed E-state index contributed by atoms with van der Waals surface area (Å²) in [6.07, 6.45) is 0. The van der Waals surface area contributed by atoms with E-state index in [0.29, 0.717) is 37.6 Å². The number of aromatic nitrogens is 3. The summed E-state index contributed by atoms with van der Waals surface area (Å²) in [5.74, 6) is 1.30. The predicted molar refractivity (Wildman–Crippen MR) is 144 cm³/mol. The summed E-state index contributed by atoms with van der Waals surface area (Å²) in [6.45, 7) is -0.0628. The second kappa shape index (κ2) is 12.1. The minimum absolute atomic E-state index is 0.148. The summed E-state index contributed by atoms with van der Waals surface area (Å²) >= 11 is 23.2. The van der Waals surface area contributed by atoms with Gasteiger partial charge in [-0.1, -0.05) is 80.7 Å². The van der Waals surface area contributed by atoms with Crippen LogP contribution in [0.2, 0.25) is 15.1 Å². The van der Waals surface area contributed by atoms with E-state index in [4.69, 9.17) is 39.5 Å². The Morgan fingerprint density at radius 3 is 2.51 bits per heavy atom. The third kappa shape index (κ3) is 7.15. The van der Waals surface area contributed by atoms with Gasteiger partial charge in [0.1, 0.15) is 5.75 Å². The maximum Gasteiger partial charge on any atom is 0.258 e. The Morgan fingerprint density at radius 2 is 1.77 bits per heavy atom. The first-order valence-corrected chi connectivity index (χ1v) is 13.2. The number of nitrogens with zero attached hydrogens (tertiary/aromatic N) is 3. The number of amides is 1. The molecule has 4 rings (SSSR count). The van der Waals surface area contributed by atoms with Crippen molar-refractivity contribution in [2.45, 2.75) is 17.5 Å². The van der Waals surface area contributed by atoms with Crippen LogP contribution in [0, 0.1) is 0 Å². The van der Waals surface area contributed by atoms with E-state index in [9.17, 15) is 4.79 Å². The number of rotatable bonds is 9. The van der Waals surface area contributed by atoms with Crippen molar-refractivity contribution in [1.82, 2.24) is 20.1 Å². The number of hydrogen-bond donors (Lipinski definition) is 1. The van der Waals surface area contributed by atoms with Crippen molar-refractivity contribution in [3.63, 3.8) is 0 Å². The lowest BCUT2D eigenvalue weighted by molar-refractivity contribution is -0.123. The third-order valence-corrected chi connectivity index (χ3v) is 7.04. The molecule has 0 unspecified atom stereocenters. The van der Waals surface area contributed by atoms with E-state index in [0.717, 1.165) is 15.7 Å². The van der Waals surface area contributed by atoms with Crippen LogP contribution in [0.3, 0.4) is 0 Å². The first kappa shape index (κ1) is 25.9. The number of benzene rings is 3. The molecular weight excluding hydrogens is 595 g/mol. The third-order valence-electron chi connectivity index (χ3n) is 4.74. The molecule has 6 nitrogen and oxygen atoms in total. The zero-order valence-electron chi connectivity index (χ0n) is 18.1. The Labute approximate surface area is 230 Å². The summed E-state index contributed by atoms with van der Waals surface area (Å²) in [5.41, 5.74) is 1.95. The fourth-order valence-electron chi connectivity index (χ4n) is 3.08. The normalized spacial score (nSPS) is 10.9. The molecule has 0 aliphatic rings. The molecule has 0 aliphatic carbocycles. The van der Waals surface area contributed by atoms with Gasteiger partial charge in [-0.05, 0) is 54.1 Å². The zero-order chi connectivity index (χ0) is 24.8. The summed E-state index contributed by atoms with van der Waals surface area (Å²) in [7, 11) is 0. The van der Waals surface area contributed by atoms with Crippen LogP contribution < -0.4 is 10.1 Å². The molecule has 0 radical (unpaired) electrons. The molecular formula is C24H18BrCl3N4O2S. The second-order valence-electron chi connectivity index (χ2n) is 7.27. The standard InChI is InChI=1S/C24H18BrCl3N4O2S/c25-16-6-4-15(5-7-16)14-35-24-31-30-22(32(24)19-3-1-2-17(26)10-19)12-29-23(33)13-34-21-9-8-18(27)11-20(21)28/h1-11H,12-14H2,(H,29,33). The van der Waals surface area contributed by atoms with Crippen LogP contribution in [-0.2, 0) is 17.1 Å². The first-order valence-electron chi connectivity index (χ1n) is 10.3. The lowest BCUT2D eigenvalue weighted by atomic mass is 10.2. The van der Waals surface area contributed by atoms with Crippen molar-refractivity contribution in [2.24, 2.45) is 0 Å². The van der Waals surface area contributed by atoms with E-state index in [1.165, 1.54) is 0 Å². The smallest absolute Gasteiger partial charge is 0.258 e.